The Balaban J connectivity index is 1.17. The van der Waals surface area contributed by atoms with Crippen molar-refractivity contribution in [3.8, 4) is 0 Å². The quantitative estimate of drug-likeness (QED) is 0.534. The Morgan fingerprint density at radius 2 is 1.76 bits per heavy atom. The van der Waals surface area contributed by atoms with Crippen molar-refractivity contribution in [2.24, 2.45) is 0 Å². The number of amides is 4. The summed E-state index contributed by atoms with van der Waals surface area (Å²) < 4.78 is 5.33. The van der Waals surface area contributed by atoms with Gasteiger partial charge < -0.3 is 19.9 Å². The Morgan fingerprint density at radius 1 is 1.05 bits per heavy atom. The number of piperidine rings is 2. The molecule has 3 aliphatic rings. The Hall–Kier alpha value is -3.21. The molecule has 1 aromatic rings. The number of hydrogen-bond acceptors (Lipinski definition) is 8. The number of hydrogen-bond donors (Lipinski definition) is 2. The van der Waals surface area contributed by atoms with E-state index in [0.29, 0.717) is 44.6 Å². The zero-order chi connectivity index (χ0) is 27.3. The lowest BCUT2D eigenvalue weighted by Gasteiger charge is -2.36. The molecule has 11 nitrogen and oxygen atoms in total. The molecule has 0 bridgehead atoms. The van der Waals surface area contributed by atoms with E-state index in [-0.39, 0.29) is 23.8 Å². The summed E-state index contributed by atoms with van der Waals surface area (Å²) in [5.74, 6) is 0.103. The Kier molecular flexibility index (Phi) is 8.86. The Bertz CT molecular complexity index is 1030. The molecule has 0 saturated carbocycles. The number of nitrogens with one attached hydrogen (secondary N) is 2. The second-order valence-corrected chi connectivity index (χ2v) is 11.3. The molecule has 4 heterocycles. The molecule has 38 heavy (non-hydrogen) atoms. The number of nitrogens with zero attached hydrogens (tertiary/aromatic N) is 4. The average Bonchev–Trinajstić information content (AvgIpc) is 2.87. The number of alkyl carbamates (subject to hydrolysis) is 1. The fourth-order valence-corrected chi connectivity index (χ4v) is 5.15. The molecule has 3 saturated heterocycles. The van der Waals surface area contributed by atoms with Crippen molar-refractivity contribution >= 4 is 29.6 Å². The monoisotopic (exact) mass is 528 g/mol. The highest BCUT2D eigenvalue weighted by molar-refractivity contribution is 6.00. The van der Waals surface area contributed by atoms with Crippen LogP contribution < -0.4 is 15.5 Å². The van der Waals surface area contributed by atoms with E-state index in [4.69, 9.17) is 9.72 Å². The molecule has 1 aromatic heterocycles. The lowest BCUT2D eigenvalue weighted by Crippen LogP contribution is -2.49. The average molecular weight is 529 g/mol. The molecule has 3 fully saturated rings. The summed E-state index contributed by atoms with van der Waals surface area (Å²) in [4.78, 5) is 59.6. The zero-order valence-corrected chi connectivity index (χ0v) is 22.7. The lowest BCUT2D eigenvalue weighted by atomic mass is 9.94. The molecule has 208 valence electrons. The van der Waals surface area contributed by atoms with Crippen molar-refractivity contribution in [2.45, 2.75) is 70.4 Å². The van der Waals surface area contributed by atoms with Crippen LogP contribution in [0.15, 0.2) is 18.2 Å². The standard InChI is InChI=1S/C27H40N6O5/c1-27(2,3)38-26(37)28-19-9-13-33(14-10-19)24(35)11-12-31-15-17-32(18-16-31)22-6-4-5-21(29-22)20-7-8-23(34)30-25(20)36/h4-6,19-20H,7-18H2,1-3H3,(H,28,37)(H,30,34,36). The van der Waals surface area contributed by atoms with Crippen molar-refractivity contribution in [3.05, 3.63) is 23.9 Å². The molecule has 3 aliphatic heterocycles. The minimum Gasteiger partial charge on any atom is -0.444 e. The first kappa shape index (κ1) is 27.8. The van der Waals surface area contributed by atoms with Gasteiger partial charge in [0.05, 0.1) is 11.6 Å². The van der Waals surface area contributed by atoms with Crippen LogP contribution in [-0.4, -0.2) is 96.1 Å². The van der Waals surface area contributed by atoms with Gasteiger partial charge in [-0.25, -0.2) is 9.78 Å². The van der Waals surface area contributed by atoms with Gasteiger partial charge in [0.25, 0.3) is 0 Å². The van der Waals surface area contributed by atoms with Crippen LogP contribution in [0.3, 0.4) is 0 Å². The van der Waals surface area contributed by atoms with E-state index in [1.54, 1.807) is 0 Å². The van der Waals surface area contributed by atoms with Crippen molar-refractivity contribution in [3.63, 3.8) is 0 Å². The molecule has 1 atom stereocenters. The van der Waals surface area contributed by atoms with Crippen LogP contribution in [0.4, 0.5) is 10.6 Å². The summed E-state index contributed by atoms with van der Waals surface area (Å²) in [5, 5.41) is 5.32. The van der Waals surface area contributed by atoms with E-state index in [1.165, 1.54) is 0 Å². The summed E-state index contributed by atoms with van der Waals surface area (Å²) >= 11 is 0. The molecule has 4 rings (SSSR count). The number of aromatic nitrogens is 1. The lowest BCUT2D eigenvalue weighted by molar-refractivity contribution is -0.134. The Labute approximate surface area is 224 Å². The highest BCUT2D eigenvalue weighted by Gasteiger charge is 2.30. The molecule has 2 N–H and O–H groups in total. The van der Waals surface area contributed by atoms with E-state index in [0.717, 1.165) is 44.8 Å². The number of pyridine rings is 1. The molecule has 1 unspecified atom stereocenters. The first-order valence-corrected chi connectivity index (χ1v) is 13.6. The maximum Gasteiger partial charge on any atom is 0.407 e. The van der Waals surface area contributed by atoms with Gasteiger partial charge in [0.15, 0.2) is 0 Å². The van der Waals surface area contributed by atoms with Gasteiger partial charge in [-0.1, -0.05) is 6.07 Å². The van der Waals surface area contributed by atoms with Crippen molar-refractivity contribution < 1.29 is 23.9 Å². The van der Waals surface area contributed by atoms with Crippen LogP contribution in [-0.2, 0) is 19.1 Å². The van der Waals surface area contributed by atoms with Gasteiger partial charge in [-0.15, -0.1) is 0 Å². The molecule has 0 aliphatic carbocycles. The maximum absolute atomic E-state index is 12.8. The largest absolute Gasteiger partial charge is 0.444 e. The summed E-state index contributed by atoms with van der Waals surface area (Å²) in [7, 11) is 0. The second-order valence-electron chi connectivity index (χ2n) is 11.3. The van der Waals surface area contributed by atoms with Crippen molar-refractivity contribution in [2.75, 3.05) is 50.7 Å². The smallest absolute Gasteiger partial charge is 0.407 e. The number of carbonyl (C=O) groups excluding carboxylic acids is 4. The number of piperazine rings is 1. The Morgan fingerprint density at radius 3 is 2.42 bits per heavy atom. The predicted molar refractivity (Wildman–Crippen MR) is 142 cm³/mol. The molecular weight excluding hydrogens is 488 g/mol. The minimum absolute atomic E-state index is 0.0316. The number of ether oxygens (including phenoxy) is 1. The topological polar surface area (TPSA) is 124 Å². The van der Waals surface area contributed by atoms with Crippen LogP contribution in [0.5, 0.6) is 0 Å². The van der Waals surface area contributed by atoms with Gasteiger partial charge in [-0.3, -0.25) is 24.6 Å². The van der Waals surface area contributed by atoms with Crippen molar-refractivity contribution in [1.82, 2.24) is 25.4 Å². The highest BCUT2D eigenvalue weighted by Crippen LogP contribution is 2.25. The van der Waals surface area contributed by atoms with Gasteiger partial charge in [0, 0.05) is 64.7 Å². The van der Waals surface area contributed by atoms with Gasteiger partial charge >= 0.3 is 6.09 Å². The zero-order valence-electron chi connectivity index (χ0n) is 22.7. The van der Waals surface area contributed by atoms with Gasteiger partial charge in [-0.05, 0) is 52.2 Å². The van der Waals surface area contributed by atoms with Crippen LogP contribution in [0.25, 0.3) is 0 Å². The van der Waals surface area contributed by atoms with Gasteiger partial charge in [0.2, 0.25) is 17.7 Å². The molecule has 0 spiro atoms. The first-order chi connectivity index (χ1) is 18.1. The fourth-order valence-electron chi connectivity index (χ4n) is 5.15. The fraction of sp³-hybridized carbons (Fsp3) is 0.667. The van der Waals surface area contributed by atoms with Gasteiger partial charge in [0.1, 0.15) is 11.4 Å². The van der Waals surface area contributed by atoms with Crippen LogP contribution in [0.2, 0.25) is 0 Å². The van der Waals surface area contributed by atoms with E-state index >= 15 is 0 Å². The third-order valence-electron chi connectivity index (χ3n) is 7.26. The van der Waals surface area contributed by atoms with E-state index < -0.39 is 17.6 Å². The normalized spacial score (nSPS) is 21.7. The molecule has 4 amide bonds. The SMILES string of the molecule is CC(C)(C)OC(=O)NC1CCN(C(=O)CCN2CCN(c3cccc(C4CCC(=O)NC4=O)n3)CC2)CC1. The van der Waals surface area contributed by atoms with E-state index in [1.807, 2.05) is 43.9 Å². The molecule has 11 heteroatoms. The summed E-state index contributed by atoms with van der Waals surface area (Å²) in [6.07, 6.45) is 2.36. The second kappa shape index (κ2) is 12.1. The number of rotatable bonds is 6. The number of likely N-dealkylation sites (tertiary alicyclic amines) is 1. The van der Waals surface area contributed by atoms with Crippen molar-refractivity contribution in [1.29, 1.82) is 0 Å². The van der Waals surface area contributed by atoms with Crippen LogP contribution in [0, 0.1) is 0 Å². The third kappa shape index (κ3) is 7.66. The van der Waals surface area contributed by atoms with Gasteiger partial charge in [-0.2, -0.15) is 0 Å². The number of imide groups is 1. The van der Waals surface area contributed by atoms with Crippen LogP contribution >= 0.6 is 0 Å². The van der Waals surface area contributed by atoms with Crippen LogP contribution in [0.1, 0.15) is 64.5 Å². The molecule has 0 aromatic carbocycles. The summed E-state index contributed by atoms with van der Waals surface area (Å²) in [5.41, 5.74) is 0.174. The number of carbonyl (C=O) groups is 4. The summed E-state index contributed by atoms with van der Waals surface area (Å²) in [6.45, 7) is 10.8. The molecular formula is C27H40N6O5. The first-order valence-electron chi connectivity index (χ1n) is 13.6. The third-order valence-corrected chi connectivity index (χ3v) is 7.26. The van der Waals surface area contributed by atoms with E-state index in [2.05, 4.69) is 20.4 Å². The molecule has 0 radical (unpaired) electrons. The predicted octanol–water partition coefficient (Wildman–Crippen LogP) is 1.63. The van der Waals surface area contributed by atoms with E-state index in [9.17, 15) is 19.2 Å². The highest BCUT2D eigenvalue weighted by atomic mass is 16.6. The maximum atomic E-state index is 12.8. The summed E-state index contributed by atoms with van der Waals surface area (Å²) in [6, 6.07) is 5.75. The number of anilines is 1. The minimum atomic E-state index is -0.525.